The summed E-state index contributed by atoms with van der Waals surface area (Å²) in [6.07, 6.45) is 9.55. The first-order valence-corrected chi connectivity index (χ1v) is 8.68. The van der Waals surface area contributed by atoms with E-state index in [-0.39, 0.29) is 0 Å². The van der Waals surface area contributed by atoms with E-state index in [0.29, 0.717) is 12.1 Å². The molecule has 2 aromatic rings. The molecular weight excluding hydrogens is 288 g/mol. The molecule has 1 N–H and O–H groups in total. The highest BCUT2D eigenvalue weighted by Crippen LogP contribution is 2.33. The van der Waals surface area contributed by atoms with Crippen molar-refractivity contribution in [2.75, 3.05) is 13.7 Å². The molecule has 4 nitrogen and oxygen atoms in total. The highest BCUT2D eigenvalue weighted by Gasteiger charge is 2.25. The van der Waals surface area contributed by atoms with Crippen LogP contribution in [0.25, 0.3) is 10.9 Å². The van der Waals surface area contributed by atoms with E-state index in [4.69, 9.17) is 9.47 Å². The van der Waals surface area contributed by atoms with Crippen LogP contribution in [0.15, 0.2) is 24.4 Å². The van der Waals surface area contributed by atoms with Crippen molar-refractivity contribution in [3.8, 4) is 11.5 Å². The second-order valence-electron chi connectivity index (χ2n) is 6.70. The van der Waals surface area contributed by atoms with E-state index >= 15 is 0 Å². The van der Waals surface area contributed by atoms with Gasteiger partial charge in [0.25, 0.3) is 0 Å². The Hall–Kier alpha value is -1.81. The Kier molecular flexibility index (Phi) is 4.08. The highest BCUT2D eigenvalue weighted by molar-refractivity contribution is 5.85. The number of rotatable bonds is 3. The van der Waals surface area contributed by atoms with Crippen molar-refractivity contribution < 1.29 is 9.47 Å². The lowest BCUT2D eigenvalue weighted by Gasteiger charge is -2.32. The van der Waals surface area contributed by atoms with Crippen LogP contribution >= 0.6 is 0 Å². The number of aromatic nitrogens is 1. The normalized spacial score (nSPS) is 21.7. The maximum Gasteiger partial charge on any atom is 0.141 e. The highest BCUT2D eigenvalue weighted by atomic mass is 16.5. The van der Waals surface area contributed by atoms with Crippen LogP contribution in [0, 0.1) is 0 Å². The average molecular weight is 312 g/mol. The van der Waals surface area contributed by atoms with Gasteiger partial charge in [-0.1, -0.05) is 19.3 Å². The molecule has 1 unspecified atom stereocenters. The van der Waals surface area contributed by atoms with Gasteiger partial charge in [-0.05, 0) is 37.5 Å². The topological polar surface area (TPSA) is 43.4 Å². The van der Waals surface area contributed by atoms with Crippen LogP contribution in [0.3, 0.4) is 0 Å². The van der Waals surface area contributed by atoms with Crippen LogP contribution < -0.4 is 14.8 Å². The predicted molar refractivity (Wildman–Crippen MR) is 91.3 cm³/mol. The van der Waals surface area contributed by atoms with E-state index in [1.54, 1.807) is 7.11 Å². The lowest BCUT2D eigenvalue weighted by atomic mass is 9.93. The number of benzene rings is 1. The SMILES string of the molecule is COc1ccc2ncc3c(c2c1)CC(NC1CCCCC1)CO3. The Bertz CT molecular complexity index is 690. The zero-order valence-corrected chi connectivity index (χ0v) is 13.7. The molecule has 122 valence electrons. The van der Waals surface area contributed by atoms with Crippen molar-refractivity contribution in [1.29, 1.82) is 0 Å². The molecule has 1 aromatic heterocycles. The Morgan fingerprint density at radius 2 is 2.04 bits per heavy atom. The zero-order chi connectivity index (χ0) is 15.6. The Morgan fingerprint density at radius 1 is 1.17 bits per heavy atom. The molecule has 1 fully saturated rings. The molecule has 0 bridgehead atoms. The lowest BCUT2D eigenvalue weighted by Crippen LogP contribution is -2.45. The van der Waals surface area contributed by atoms with Crippen LogP contribution in [0.5, 0.6) is 11.5 Å². The standard InChI is InChI=1S/C19H24N2O2/c1-22-15-7-8-18-16(10-15)17-9-14(12-23-19(17)11-20-18)21-13-5-3-2-4-6-13/h7-8,10-11,13-14,21H,2-6,9,12H2,1H3. The van der Waals surface area contributed by atoms with E-state index < -0.39 is 0 Å². The summed E-state index contributed by atoms with van der Waals surface area (Å²) in [5.41, 5.74) is 2.26. The van der Waals surface area contributed by atoms with Gasteiger partial charge >= 0.3 is 0 Å². The van der Waals surface area contributed by atoms with Crippen molar-refractivity contribution in [2.24, 2.45) is 0 Å². The number of pyridine rings is 1. The first-order chi connectivity index (χ1) is 11.3. The van der Waals surface area contributed by atoms with Crippen LogP contribution in [0.1, 0.15) is 37.7 Å². The van der Waals surface area contributed by atoms with E-state index in [9.17, 15) is 0 Å². The fourth-order valence-electron chi connectivity index (χ4n) is 3.88. The molecule has 1 aliphatic carbocycles. The number of hydrogen-bond acceptors (Lipinski definition) is 4. The fraction of sp³-hybridized carbons (Fsp3) is 0.526. The molecule has 1 aromatic carbocycles. The van der Waals surface area contributed by atoms with Crippen LogP contribution in [-0.2, 0) is 6.42 Å². The first kappa shape index (κ1) is 14.8. The van der Waals surface area contributed by atoms with Crippen LogP contribution in [0.4, 0.5) is 0 Å². The summed E-state index contributed by atoms with van der Waals surface area (Å²) in [7, 11) is 1.70. The Balaban J connectivity index is 1.60. The van der Waals surface area contributed by atoms with Gasteiger partial charge in [-0.25, -0.2) is 0 Å². The zero-order valence-electron chi connectivity index (χ0n) is 13.7. The quantitative estimate of drug-likeness (QED) is 0.942. The van der Waals surface area contributed by atoms with Crippen molar-refractivity contribution in [3.63, 3.8) is 0 Å². The molecule has 1 saturated carbocycles. The summed E-state index contributed by atoms with van der Waals surface area (Å²) in [5, 5.41) is 4.97. The molecule has 2 aliphatic rings. The van der Waals surface area contributed by atoms with E-state index in [1.807, 2.05) is 18.3 Å². The first-order valence-electron chi connectivity index (χ1n) is 8.68. The lowest BCUT2D eigenvalue weighted by molar-refractivity contribution is 0.215. The minimum absolute atomic E-state index is 0.391. The minimum atomic E-state index is 0.391. The van der Waals surface area contributed by atoms with Gasteiger partial charge in [-0.15, -0.1) is 0 Å². The third-order valence-corrected chi connectivity index (χ3v) is 5.11. The van der Waals surface area contributed by atoms with Gasteiger partial charge in [0.15, 0.2) is 0 Å². The van der Waals surface area contributed by atoms with E-state index in [0.717, 1.165) is 35.4 Å². The maximum atomic E-state index is 5.99. The maximum absolute atomic E-state index is 5.99. The smallest absolute Gasteiger partial charge is 0.141 e. The van der Waals surface area contributed by atoms with Crippen LogP contribution in [0.2, 0.25) is 0 Å². The van der Waals surface area contributed by atoms with E-state index in [2.05, 4.69) is 16.4 Å². The van der Waals surface area contributed by atoms with Crippen molar-refractivity contribution in [2.45, 2.75) is 50.6 Å². The molecule has 0 amide bonds. The fourth-order valence-corrected chi connectivity index (χ4v) is 3.88. The summed E-state index contributed by atoms with van der Waals surface area (Å²) in [5.74, 6) is 1.79. The summed E-state index contributed by atoms with van der Waals surface area (Å²) < 4.78 is 11.4. The van der Waals surface area contributed by atoms with Gasteiger partial charge in [-0.3, -0.25) is 4.98 Å². The minimum Gasteiger partial charge on any atom is -0.497 e. The average Bonchev–Trinajstić information content (AvgIpc) is 2.62. The van der Waals surface area contributed by atoms with Gasteiger partial charge in [0.2, 0.25) is 0 Å². The summed E-state index contributed by atoms with van der Waals surface area (Å²) in [6.45, 7) is 0.737. The number of methoxy groups -OCH3 is 1. The second kappa shape index (κ2) is 6.36. The van der Waals surface area contributed by atoms with Gasteiger partial charge in [-0.2, -0.15) is 0 Å². The third-order valence-electron chi connectivity index (χ3n) is 5.11. The van der Waals surface area contributed by atoms with Gasteiger partial charge in [0, 0.05) is 23.0 Å². The number of ether oxygens (including phenoxy) is 2. The molecule has 2 heterocycles. The molecule has 23 heavy (non-hydrogen) atoms. The molecule has 0 radical (unpaired) electrons. The molecule has 4 heteroatoms. The van der Waals surface area contributed by atoms with Gasteiger partial charge in [0.05, 0.1) is 18.8 Å². The second-order valence-corrected chi connectivity index (χ2v) is 6.70. The summed E-state index contributed by atoms with van der Waals surface area (Å²) >= 11 is 0. The number of hydrogen-bond donors (Lipinski definition) is 1. The largest absolute Gasteiger partial charge is 0.497 e. The number of nitrogens with one attached hydrogen (secondary N) is 1. The number of nitrogens with zero attached hydrogens (tertiary/aromatic N) is 1. The monoisotopic (exact) mass is 312 g/mol. The number of fused-ring (bicyclic) bond motifs is 3. The van der Waals surface area contributed by atoms with Crippen molar-refractivity contribution >= 4 is 10.9 Å². The Morgan fingerprint density at radius 3 is 2.87 bits per heavy atom. The molecule has 4 rings (SSSR count). The molecular formula is C19H24N2O2. The summed E-state index contributed by atoms with van der Waals surface area (Å²) in [6, 6.07) is 7.10. The van der Waals surface area contributed by atoms with Crippen LogP contribution in [-0.4, -0.2) is 30.8 Å². The van der Waals surface area contributed by atoms with E-state index in [1.165, 1.54) is 37.7 Å². The molecule has 1 aliphatic heterocycles. The predicted octanol–water partition coefficient (Wildman–Crippen LogP) is 3.47. The molecule has 0 saturated heterocycles. The molecule has 0 spiro atoms. The van der Waals surface area contributed by atoms with Crippen molar-refractivity contribution in [3.05, 3.63) is 30.0 Å². The Labute approximate surface area is 137 Å². The van der Waals surface area contributed by atoms with Gasteiger partial charge in [0.1, 0.15) is 18.1 Å². The molecule has 1 atom stereocenters. The third kappa shape index (κ3) is 3.00. The van der Waals surface area contributed by atoms with Gasteiger partial charge < -0.3 is 14.8 Å². The van der Waals surface area contributed by atoms with Crippen molar-refractivity contribution in [1.82, 2.24) is 10.3 Å². The summed E-state index contributed by atoms with van der Waals surface area (Å²) in [4.78, 5) is 4.51.